The fourth-order valence-electron chi connectivity index (χ4n) is 5.57. The van der Waals surface area contributed by atoms with Gasteiger partial charge in [0.05, 0.1) is 11.2 Å². The quantitative estimate of drug-likeness (QED) is 0.0375. The van der Waals surface area contributed by atoms with Crippen molar-refractivity contribution in [2.45, 2.75) is 91.9 Å². The Bertz CT molecular complexity index is 1810. The monoisotopic (exact) mass is 637 g/mol. The number of hydrogen-bond donors (Lipinski definition) is 0. The van der Waals surface area contributed by atoms with Gasteiger partial charge in [-0.3, -0.25) is 9.59 Å². The molecule has 0 atom stereocenters. The molecule has 9 nitrogen and oxygen atoms in total. The van der Waals surface area contributed by atoms with Crippen molar-refractivity contribution < 1.29 is 28.9 Å². The molecule has 0 aliphatic rings. The van der Waals surface area contributed by atoms with Crippen LogP contribution in [0.2, 0.25) is 0 Å². The van der Waals surface area contributed by atoms with Crippen LogP contribution in [0, 0.1) is 0 Å². The number of hydrogen-bond acceptors (Lipinski definition) is 8. The molecule has 0 fully saturated rings. The number of benzene rings is 3. The van der Waals surface area contributed by atoms with E-state index < -0.39 is 11.9 Å². The Morgan fingerprint density at radius 1 is 0.660 bits per heavy atom. The van der Waals surface area contributed by atoms with E-state index in [9.17, 15) is 19.2 Å². The lowest BCUT2D eigenvalue weighted by Gasteiger charge is -2.10. The van der Waals surface area contributed by atoms with E-state index >= 15 is 0 Å². The maximum atomic E-state index is 14.2. The Morgan fingerprint density at radius 3 is 1.87 bits per heavy atom. The van der Waals surface area contributed by atoms with Gasteiger partial charge in [0, 0.05) is 41.9 Å². The molecule has 0 N–H and O–H groups in total. The van der Waals surface area contributed by atoms with Crippen LogP contribution in [0.5, 0.6) is 0 Å². The first-order chi connectivity index (χ1) is 22.7. The van der Waals surface area contributed by atoms with Gasteiger partial charge in [0.2, 0.25) is 11.6 Å². The Morgan fingerprint density at radius 2 is 1.26 bits per heavy atom. The van der Waals surface area contributed by atoms with Crippen LogP contribution in [0.4, 0.5) is 0 Å². The third kappa shape index (κ3) is 9.09. The zero-order valence-corrected chi connectivity index (χ0v) is 27.7. The van der Waals surface area contributed by atoms with E-state index in [1.54, 1.807) is 18.3 Å². The van der Waals surface area contributed by atoms with Crippen molar-refractivity contribution in [1.29, 1.82) is 0 Å². The molecule has 0 bridgehead atoms. The van der Waals surface area contributed by atoms with E-state index in [0.29, 0.717) is 41.3 Å². The Labute approximate surface area is 275 Å². The minimum Gasteiger partial charge on any atom is -0.318 e. The van der Waals surface area contributed by atoms with E-state index in [2.05, 4.69) is 24.2 Å². The van der Waals surface area contributed by atoms with Crippen molar-refractivity contribution in [2.24, 2.45) is 10.3 Å². The van der Waals surface area contributed by atoms with Crippen LogP contribution >= 0.6 is 0 Å². The maximum Gasteiger partial charge on any atom is 0.331 e. The molecule has 1 aromatic heterocycles. The zero-order valence-electron chi connectivity index (χ0n) is 27.7. The summed E-state index contributed by atoms with van der Waals surface area (Å²) in [5.41, 5.74) is 2.49. The molecular weight excluding hydrogens is 594 g/mol. The van der Waals surface area contributed by atoms with Crippen molar-refractivity contribution in [1.82, 2.24) is 4.57 Å². The average Bonchev–Trinajstić information content (AvgIpc) is 3.45. The predicted molar refractivity (Wildman–Crippen MR) is 185 cm³/mol. The number of ketones is 2. The highest BCUT2D eigenvalue weighted by Gasteiger charge is 2.24. The van der Waals surface area contributed by atoms with Crippen LogP contribution in [-0.2, 0) is 19.3 Å². The summed E-state index contributed by atoms with van der Waals surface area (Å²) in [6.45, 7) is 6.68. The number of aromatic nitrogens is 1. The van der Waals surface area contributed by atoms with Gasteiger partial charge in [0.1, 0.15) is 11.4 Å². The highest BCUT2D eigenvalue weighted by atomic mass is 16.7. The van der Waals surface area contributed by atoms with E-state index in [4.69, 9.17) is 9.68 Å². The number of nitrogens with zero attached hydrogens (tertiary/aromatic N) is 3. The summed E-state index contributed by atoms with van der Waals surface area (Å²) in [6, 6.07) is 19.1. The molecule has 1 heterocycles. The maximum absolute atomic E-state index is 14.2. The second-order valence-corrected chi connectivity index (χ2v) is 11.7. The third-order valence-electron chi connectivity index (χ3n) is 7.96. The number of rotatable bonds is 17. The first-order valence-electron chi connectivity index (χ1n) is 16.5. The van der Waals surface area contributed by atoms with Gasteiger partial charge < -0.3 is 14.2 Å². The predicted octanol–water partition coefficient (Wildman–Crippen LogP) is 8.93. The molecule has 0 saturated heterocycles. The molecule has 0 radical (unpaired) electrons. The van der Waals surface area contributed by atoms with Gasteiger partial charge in [-0.05, 0) is 55.3 Å². The van der Waals surface area contributed by atoms with Gasteiger partial charge in [0.15, 0.2) is 0 Å². The molecule has 0 unspecified atom stereocenters. The van der Waals surface area contributed by atoms with Crippen molar-refractivity contribution in [3.63, 3.8) is 0 Å². The lowest BCUT2D eigenvalue weighted by molar-refractivity contribution is -0.141. The van der Waals surface area contributed by atoms with Crippen molar-refractivity contribution in [3.8, 4) is 5.69 Å². The van der Waals surface area contributed by atoms with Crippen LogP contribution in [0.15, 0.2) is 77.2 Å². The molecule has 4 rings (SSSR count). The number of unbranched alkanes of at least 4 members (excludes halogenated alkanes) is 6. The smallest absolute Gasteiger partial charge is 0.318 e. The lowest BCUT2D eigenvalue weighted by atomic mass is 9.97. The summed E-state index contributed by atoms with van der Waals surface area (Å²) in [6.07, 6.45) is 9.79. The van der Waals surface area contributed by atoms with Gasteiger partial charge in [-0.1, -0.05) is 99.1 Å². The van der Waals surface area contributed by atoms with Crippen LogP contribution in [0.1, 0.15) is 113 Å². The van der Waals surface area contributed by atoms with Gasteiger partial charge in [0.25, 0.3) is 0 Å². The van der Waals surface area contributed by atoms with Crippen LogP contribution in [0.3, 0.4) is 0 Å². The van der Waals surface area contributed by atoms with Crippen LogP contribution < -0.4 is 0 Å². The second-order valence-electron chi connectivity index (χ2n) is 11.7. The molecule has 0 aliphatic carbocycles. The summed E-state index contributed by atoms with van der Waals surface area (Å²) in [4.78, 5) is 61.2. The summed E-state index contributed by atoms with van der Waals surface area (Å²) in [5.74, 6) is -2.00. The minimum absolute atomic E-state index is 0.137. The number of fused-ring (bicyclic) bond motifs is 2. The number of carbonyl (C=O) groups excluding carboxylic acids is 4. The van der Waals surface area contributed by atoms with E-state index in [-0.39, 0.29) is 23.0 Å². The Balaban J connectivity index is 1.86. The minimum atomic E-state index is -0.617. The molecular formula is C38H43N3O6. The first kappa shape index (κ1) is 34.9. The number of carbonyl (C=O) groups is 4. The standard InChI is InChI=1S/C38H43N3O6/c1-5-7-9-11-19-33(39-46-26(3)42)37(44)29-22-23-36-31(24-29)32(38(45)34(40-47-27(4)43)20-12-10-8-6-2)25-41(36)35-21-15-17-28-16-13-14-18-30(28)35/h13-18,21-25H,5-12,19-20H2,1-4H3/b39-33+,40-34+. The van der Waals surface area contributed by atoms with Crippen molar-refractivity contribution in [2.75, 3.05) is 0 Å². The highest BCUT2D eigenvalue weighted by molar-refractivity contribution is 6.48. The molecule has 0 aliphatic heterocycles. The van der Waals surface area contributed by atoms with Gasteiger partial charge >= 0.3 is 11.9 Å². The van der Waals surface area contributed by atoms with E-state index in [0.717, 1.165) is 61.4 Å². The summed E-state index contributed by atoms with van der Waals surface area (Å²) >= 11 is 0. The van der Waals surface area contributed by atoms with E-state index in [1.807, 2.05) is 53.1 Å². The summed E-state index contributed by atoms with van der Waals surface area (Å²) < 4.78 is 1.94. The molecule has 0 amide bonds. The molecule has 0 spiro atoms. The SMILES string of the molecule is CCCCCC/C(=N\OC(C)=O)C(=O)c1ccc2c(c1)c(C(=O)/C(CCCCCC)=N/OC(C)=O)cn2-c1cccc2ccccc12. The average molecular weight is 638 g/mol. The first-order valence-corrected chi connectivity index (χ1v) is 16.5. The van der Waals surface area contributed by atoms with Crippen molar-refractivity contribution >= 4 is 56.6 Å². The van der Waals surface area contributed by atoms with Crippen molar-refractivity contribution in [3.05, 3.63) is 78.0 Å². The molecule has 9 heteroatoms. The van der Waals surface area contributed by atoms with Crippen LogP contribution in [-0.4, -0.2) is 39.5 Å². The third-order valence-corrected chi connectivity index (χ3v) is 7.96. The zero-order chi connectivity index (χ0) is 33.8. The number of Topliss-reactive ketones (excluding diaryl/α,β-unsaturated/α-hetero) is 2. The molecule has 246 valence electrons. The lowest BCUT2D eigenvalue weighted by Crippen LogP contribution is -2.17. The molecule has 3 aromatic carbocycles. The van der Waals surface area contributed by atoms with E-state index in [1.165, 1.54) is 13.8 Å². The molecule has 0 saturated carbocycles. The fourth-order valence-corrected chi connectivity index (χ4v) is 5.57. The summed E-state index contributed by atoms with van der Waals surface area (Å²) in [5, 5.41) is 10.5. The normalized spacial score (nSPS) is 12.0. The Hall–Kier alpha value is -4.92. The van der Waals surface area contributed by atoms with Gasteiger partial charge in [-0.2, -0.15) is 0 Å². The van der Waals surface area contributed by atoms with Gasteiger partial charge in [-0.15, -0.1) is 0 Å². The molecule has 47 heavy (non-hydrogen) atoms. The summed E-state index contributed by atoms with van der Waals surface area (Å²) in [7, 11) is 0. The largest absolute Gasteiger partial charge is 0.331 e. The Kier molecular flexibility index (Phi) is 12.7. The molecule has 4 aromatic rings. The number of oxime groups is 2. The van der Waals surface area contributed by atoms with Gasteiger partial charge in [-0.25, -0.2) is 9.59 Å². The highest BCUT2D eigenvalue weighted by Crippen LogP contribution is 2.31. The van der Waals surface area contributed by atoms with Crippen LogP contribution in [0.25, 0.3) is 27.4 Å². The second kappa shape index (κ2) is 17.1. The topological polar surface area (TPSA) is 116 Å². The fraction of sp³-hybridized carbons (Fsp3) is 0.368.